The summed E-state index contributed by atoms with van der Waals surface area (Å²) in [7, 11) is 1.60. The van der Waals surface area contributed by atoms with E-state index in [2.05, 4.69) is 15.6 Å². The minimum absolute atomic E-state index is 0.243. The van der Waals surface area contributed by atoms with E-state index in [1.165, 1.54) is 16.2 Å². The van der Waals surface area contributed by atoms with Crippen LogP contribution in [-0.2, 0) is 6.54 Å². The molecule has 0 spiro atoms. The molecule has 2 aliphatic rings. The molecule has 1 saturated heterocycles. The van der Waals surface area contributed by atoms with Crippen molar-refractivity contribution in [2.24, 2.45) is 0 Å². The molecule has 1 aromatic carbocycles. The molecule has 1 atom stereocenters. The summed E-state index contributed by atoms with van der Waals surface area (Å²) in [5.41, 5.74) is 2.06. The number of amides is 4. The maximum absolute atomic E-state index is 13.1. The predicted molar refractivity (Wildman–Crippen MR) is 128 cm³/mol. The number of benzene rings is 1. The molecule has 4 heterocycles. The highest BCUT2D eigenvalue weighted by atomic mass is 32.1. The molecule has 34 heavy (non-hydrogen) atoms. The second-order valence-electron chi connectivity index (χ2n) is 8.22. The van der Waals surface area contributed by atoms with Crippen LogP contribution in [0.15, 0.2) is 36.5 Å². The van der Waals surface area contributed by atoms with Crippen molar-refractivity contribution in [3.63, 3.8) is 0 Å². The third-order valence-electron chi connectivity index (χ3n) is 6.07. The van der Waals surface area contributed by atoms with Gasteiger partial charge in [-0.1, -0.05) is 12.1 Å². The van der Waals surface area contributed by atoms with Gasteiger partial charge in [0.1, 0.15) is 15.5 Å². The van der Waals surface area contributed by atoms with Crippen LogP contribution in [0.5, 0.6) is 5.75 Å². The maximum atomic E-state index is 13.1. The summed E-state index contributed by atoms with van der Waals surface area (Å²) in [6, 6.07) is 8.64. The van der Waals surface area contributed by atoms with Gasteiger partial charge in [-0.05, 0) is 36.6 Å². The van der Waals surface area contributed by atoms with E-state index in [0.29, 0.717) is 47.0 Å². The predicted octanol–water partition coefficient (Wildman–Crippen LogP) is 3.73. The number of carbonyl (C=O) groups excluding carboxylic acids is 2. The quantitative estimate of drug-likeness (QED) is 0.510. The molecule has 0 aliphatic carbocycles. The molecule has 0 saturated carbocycles. The summed E-state index contributed by atoms with van der Waals surface area (Å²) < 4.78 is 5.20. The normalized spacial score (nSPS) is 17.4. The fourth-order valence-electron chi connectivity index (χ4n) is 4.38. The van der Waals surface area contributed by atoms with Crippen molar-refractivity contribution in [3.8, 4) is 5.75 Å². The van der Waals surface area contributed by atoms with E-state index in [9.17, 15) is 19.5 Å². The van der Waals surface area contributed by atoms with E-state index in [-0.39, 0.29) is 24.5 Å². The lowest BCUT2D eigenvalue weighted by Crippen LogP contribution is -2.49. The van der Waals surface area contributed by atoms with Crippen molar-refractivity contribution in [1.29, 1.82) is 0 Å². The number of methoxy groups -OCH3 is 1. The second kappa shape index (κ2) is 8.82. The van der Waals surface area contributed by atoms with Gasteiger partial charge in [0.05, 0.1) is 30.4 Å². The Kier molecular flexibility index (Phi) is 5.70. The van der Waals surface area contributed by atoms with E-state index in [0.717, 1.165) is 16.7 Å². The molecular formula is C23H23N5O5S. The molecule has 11 heteroatoms. The van der Waals surface area contributed by atoms with Crippen LogP contribution in [0, 0.1) is 0 Å². The SMILES string of the molecule is COc1ccc(CN2C(=O)Nc3c(C(=O)NC4CCCN(C(=O)O)C4)sc4nccc2c34)cc1. The van der Waals surface area contributed by atoms with Crippen molar-refractivity contribution >= 4 is 51.0 Å². The Labute approximate surface area is 199 Å². The fourth-order valence-corrected chi connectivity index (χ4v) is 5.41. The number of ether oxygens (including phenoxy) is 1. The van der Waals surface area contributed by atoms with Gasteiger partial charge in [0.2, 0.25) is 0 Å². The molecule has 5 rings (SSSR count). The first-order valence-electron chi connectivity index (χ1n) is 10.9. The van der Waals surface area contributed by atoms with Crippen molar-refractivity contribution in [1.82, 2.24) is 15.2 Å². The number of carbonyl (C=O) groups is 3. The summed E-state index contributed by atoms with van der Waals surface area (Å²) in [4.78, 5) is 45.9. The number of aromatic nitrogens is 1. The number of rotatable bonds is 5. The number of likely N-dealkylation sites (tertiary alicyclic amines) is 1. The zero-order valence-corrected chi connectivity index (χ0v) is 19.2. The lowest BCUT2D eigenvalue weighted by molar-refractivity contribution is 0.0893. The van der Waals surface area contributed by atoms with Crippen molar-refractivity contribution < 1.29 is 24.2 Å². The first-order chi connectivity index (χ1) is 16.4. The zero-order chi connectivity index (χ0) is 23.8. The number of nitrogens with zero attached hydrogens (tertiary/aromatic N) is 3. The average molecular weight is 482 g/mol. The Morgan fingerprint density at radius 3 is 2.82 bits per heavy atom. The minimum Gasteiger partial charge on any atom is -0.497 e. The first kappa shape index (κ1) is 22.0. The van der Waals surface area contributed by atoms with Crippen LogP contribution in [0.3, 0.4) is 0 Å². The molecule has 1 unspecified atom stereocenters. The van der Waals surface area contributed by atoms with Crippen LogP contribution >= 0.6 is 11.3 Å². The molecule has 1 fully saturated rings. The smallest absolute Gasteiger partial charge is 0.407 e. The molecule has 2 aliphatic heterocycles. The van der Waals surface area contributed by atoms with Gasteiger partial charge in [-0.15, -0.1) is 11.3 Å². The van der Waals surface area contributed by atoms with Crippen molar-refractivity contribution in [2.75, 3.05) is 30.4 Å². The van der Waals surface area contributed by atoms with E-state index in [1.54, 1.807) is 24.3 Å². The summed E-state index contributed by atoms with van der Waals surface area (Å²) >= 11 is 1.21. The van der Waals surface area contributed by atoms with Gasteiger partial charge in [-0.2, -0.15) is 0 Å². The Bertz CT molecular complexity index is 1270. The molecule has 3 N–H and O–H groups in total. The summed E-state index contributed by atoms with van der Waals surface area (Å²) in [5.74, 6) is 0.392. The molecule has 176 valence electrons. The number of hydrogen-bond acceptors (Lipinski definition) is 6. The Balaban J connectivity index is 1.42. The van der Waals surface area contributed by atoms with Crippen molar-refractivity contribution in [2.45, 2.75) is 25.4 Å². The molecule has 4 amide bonds. The third-order valence-corrected chi connectivity index (χ3v) is 7.17. The van der Waals surface area contributed by atoms with Gasteiger partial charge in [0.25, 0.3) is 5.91 Å². The average Bonchev–Trinajstić information content (AvgIpc) is 3.21. The number of anilines is 2. The Morgan fingerprint density at radius 2 is 2.09 bits per heavy atom. The van der Waals surface area contributed by atoms with Gasteiger partial charge in [-0.3, -0.25) is 9.69 Å². The molecule has 2 aromatic heterocycles. The number of carboxylic acid groups (broad SMARTS) is 1. The van der Waals surface area contributed by atoms with E-state index in [1.807, 2.05) is 24.3 Å². The molecular weight excluding hydrogens is 458 g/mol. The van der Waals surface area contributed by atoms with Crippen LogP contribution < -0.4 is 20.3 Å². The zero-order valence-electron chi connectivity index (χ0n) is 18.4. The van der Waals surface area contributed by atoms with Gasteiger partial charge in [0.15, 0.2) is 0 Å². The van der Waals surface area contributed by atoms with Crippen LogP contribution in [0.1, 0.15) is 28.1 Å². The number of urea groups is 1. The lowest BCUT2D eigenvalue weighted by atomic mass is 10.1. The highest BCUT2D eigenvalue weighted by Gasteiger charge is 2.33. The van der Waals surface area contributed by atoms with Gasteiger partial charge in [0, 0.05) is 25.3 Å². The van der Waals surface area contributed by atoms with Gasteiger partial charge >= 0.3 is 12.1 Å². The Hall–Kier alpha value is -3.86. The number of piperidine rings is 1. The van der Waals surface area contributed by atoms with Crippen LogP contribution in [0.25, 0.3) is 10.2 Å². The topological polar surface area (TPSA) is 124 Å². The Morgan fingerprint density at radius 1 is 1.29 bits per heavy atom. The maximum Gasteiger partial charge on any atom is 0.407 e. The number of nitrogens with one attached hydrogen (secondary N) is 2. The lowest BCUT2D eigenvalue weighted by Gasteiger charge is -2.31. The monoisotopic (exact) mass is 481 g/mol. The van der Waals surface area contributed by atoms with Crippen LogP contribution in [-0.4, -0.2) is 59.3 Å². The molecule has 0 radical (unpaired) electrons. The minimum atomic E-state index is -0.992. The molecule has 3 aromatic rings. The highest BCUT2D eigenvalue weighted by molar-refractivity contribution is 7.21. The largest absolute Gasteiger partial charge is 0.497 e. The second-order valence-corrected chi connectivity index (χ2v) is 9.22. The molecule has 0 bridgehead atoms. The van der Waals surface area contributed by atoms with E-state index in [4.69, 9.17) is 4.74 Å². The van der Waals surface area contributed by atoms with Crippen LogP contribution in [0.2, 0.25) is 0 Å². The first-order valence-corrected chi connectivity index (χ1v) is 11.7. The number of thiophene rings is 1. The number of pyridine rings is 1. The van der Waals surface area contributed by atoms with Gasteiger partial charge < -0.3 is 25.4 Å². The summed E-state index contributed by atoms with van der Waals surface area (Å²) in [6.07, 6.45) is 2.01. The standard InChI is InChI=1S/C23H23N5O5S/c1-33-15-6-4-13(5-7-15)11-28-16-8-9-24-21-17(16)18(26-22(28)30)19(34-21)20(29)25-14-3-2-10-27(12-14)23(31)32/h4-9,14H,2-3,10-12H2,1H3,(H,25,29)(H,26,30)(H,31,32). The number of hydrogen-bond donors (Lipinski definition) is 3. The third kappa shape index (κ3) is 3.98. The van der Waals surface area contributed by atoms with Crippen molar-refractivity contribution in [3.05, 3.63) is 47.0 Å². The van der Waals surface area contributed by atoms with Gasteiger partial charge in [-0.25, -0.2) is 14.6 Å². The van der Waals surface area contributed by atoms with Crippen LogP contribution in [0.4, 0.5) is 21.0 Å². The summed E-state index contributed by atoms with van der Waals surface area (Å²) in [6.45, 7) is 1.05. The molecule has 10 nitrogen and oxygen atoms in total. The van der Waals surface area contributed by atoms with E-state index < -0.39 is 6.09 Å². The van der Waals surface area contributed by atoms with E-state index >= 15 is 0 Å². The fraction of sp³-hybridized carbons (Fsp3) is 0.304. The highest BCUT2D eigenvalue weighted by Crippen LogP contribution is 2.43. The summed E-state index contributed by atoms with van der Waals surface area (Å²) in [5, 5.41) is 15.8.